The molecule has 0 radical (unpaired) electrons. The third-order valence-electron chi connectivity index (χ3n) is 3.18. The first-order valence-corrected chi connectivity index (χ1v) is 7.53. The second-order valence-corrected chi connectivity index (χ2v) is 5.81. The quantitative estimate of drug-likeness (QED) is 0.718. The van der Waals surface area contributed by atoms with E-state index >= 15 is 0 Å². The molecule has 102 valence electrons. The summed E-state index contributed by atoms with van der Waals surface area (Å²) in [5, 5.41) is 11.0. The van der Waals surface area contributed by atoms with E-state index in [1.165, 1.54) is 17.3 Å². The lowest BCUT2D eigenvalue weighted by atomic mass is 10.1. The Morgan fingerprint density at radius 1 is 1.20 bits per heavy atom. The van der Waals surface area contributed by atoms with Gasteiger partial charge in [0.2, 0.25) is 0 Å². The number of aryl methyl sites for hydroxylation is 1. The van der Waals surface area contributed by atoms with Gasteiger partial charge in [-0.05, 0) is 30.2 Å². The average molecular weight is 284 g/mol. The predicted molar refractivity (Wildman–Crippen MR) is 83.0 cm³/mol. The summed E-state index contributed by atoms with van der Waals surface area (Å²) in [6.07, 6.45) is -0.476. The zero-order valence-corrected chi connectivity index (χ0v) is 12.0. The first kappa shape index (κ1) is 13.2. The molecule has 3 nitrogen and oxygen atoms in total. The predicted octanol–water partition coefficient (Wildman–Crippen LogP) is 3.70. The molecule has 3 aromatic rings. The summed E-state index contributed by atoms with van der Waals surface area (Å²) in [4.78, 5) is 7.80. The Kier molecular flexibility index (Phi) is 3.76. The van der Waals surface area contributed by atoms with Crippen LogP contribution in [0.3, 0.4) is 0 Å². The number of H-pyrrole nitrogens is 1. The fourth-order valence-electron chi connectivity index (χ4n) is 2.10. The number of aliphatic hydroxyl groups is 1. The van der Waals surface area contributed by atoms with Crippen LogP contribution in [0.5, 0.6) is 0 Å². The van der Waals surface area contributed by atoms with Crippen LogP contribution in [0.4, 0.5) is 0 Å². The summed E-state index contributed by atoms with van der Waals surface area (Å²) in [6, 6.07) is 15.8. The Hall–Kier alpha value is -1.78. The number of aliphatic hydroxyl groups excluding tert-OH is 1. The van der Waals surface area contributed by atoms with Gasteiger partial charge in [-0.3, -0.25) is 0 Å². The van der Waals surface area contributed by atoms with Crippen molar-refractivity contribution in [2.75, 3.05) is 5.75 Å². The number of aromatic nitrogens is 2. The lowest BCUT2D eigenvalue weighted by Gasteiger charge is -2.08. The lowest BCUT2D eigenvalue weighted by molar-refractivity contribution is 0.204. The highest BCUT2D eigenvalue weighted by molar-refractivity contribution is 7.99. The van der Waals surface area contributed by atoms with Crippen LogP contribution in [-0.4, -0.2) is 20.8 Å². The maximum atomic E-state index is 10.1. The molecule has 1 aromatic heterocycles. The molecule has 2 N–H and O–H groups in total. The number of hydrogen-bond acceptors (Lipinski definition) is 3. The number of thioether (sulfide) groups is 1. The van der Waals surface area contributed by atoms with E-state index in [1.807, 2.05) is 36.4 Å². The molecular weight excluding hydrogens is 268 g/mol. The Morgan fingerprint density at radius 2 is 2.00 bits per heavy atom. The largest absolute Gasteiger partial charge is 0.388 e. The van der Waals surface area contributed by atoms with Crippen LogP contribution in [-0.2, 0) is 0 Å². The standard InChI is InChI=1S/C16H16N2OS/c1-11-7-8-13-14(9-11)18-16(17-13)20-10-15(19)12-5-3-2-4-6-12/h2-9,15,19H,10H2,1H3,(H,17,18). The van der Waals surface area contributed by atoms with Crippen molar-refractivity contribution >= 4 is 22.8 Å². The number of benzene rings is 2. The number of rotatable bonds is 4. The second kappa shape index (κ2) is 5.69. The van der Waals surface area contributed by atoms with Crippen molar-refractivity contribution in [2.24, 2.45) is 0 Å². The number of hydrogen-bond donors (Lipinski definition) is 2. The Morgan fingerprint density at radius 3 is 2.80 bits per heavy atom. The van der Waals surface area contributed by atoms with Gasteiger partial charge in [-0.15, -0.1) is 0 Å². The van der Waals surface area contributed by atoms with Crippen LogP contribution in [0.15, 0.2) is 53.7 Å². The van der Waals surface area contributed by atoms with Gasteiger partial charge < -0.3 is 10.1 Å². The fourth-order valence-corrected chi connectivity index (χ4v) is 2.95. The van der Waals surface area contributed by atoms with Gasteiger partial charge in [0.05, 0.1) is 17.1 Å². The van der Waals surface area contributed by atoms with Crippen molar-refractivity contribution in [1.29, 1.82) is 0 Å². The summed E-state index contributed by atoms with van der Waals surface area (Å²) in [6.45, 7) is 2.06. The molecule has 4 heteroatoms. The number of nitrogens with one attached hydrogen (secondary N) is 1. The van der Waals surface area contributed by atoms with E-state index in [2.05, 4.69) is 29.0 Å². The highest BCUT2D eigenvalue weighted by Gasteiger charge is 2.10. The highest BCUT2D eigenvalue weighted by atomic mass is 32.2. The van der Waals surface area contributed by atoms with E-state index in [1.54, 1.807) is 0 Å². The molecule has 0 aliphatic carbocycles. The molecule has 1 heterocycles. The van der Waals surface area contributed by atoms with Gasteiger partial charge in [-0.25, -0.2) is 4.98 Å². The van der Waals surface area contributed by atoms with Crippen molar-refractivity contribution in [3.05, 3.63) is 59.7 Å². The SMILES string of the molecule is Cc1ccc2nc(SCC(O)c3ccccc3)[nH]c2c1. The molecule has 0 fully saturated rings. The summed E-state index contributed by atoms with van der Waals surface area (Å²) in [7, 11) is 0. The molecule has 0 amide bonds. The van der Waals surface area contributed by atoms with E-state index in [-0.39, 0.29) is 0 Å². The molecule has 0 saturated carbocycles. The number of imidazole rings is 1. The van der Waals surface area contributed by atoms with Crippen LogP contribution in [0.1, 0.15) is 17.2 Å². The molecule has 0 aliphatic rings. The number of fused-ring (bicyclic) bond motifs is 1. The molecule has 0 bridgehead atoms. The van der Waals surface area contributed by atoms with Crippen molar-refractivity contribution in [1.82, 2.24) is 9.97 Å². The van der Waals surface area contributed by atoms with Crippen LogP contribution >= 0.6 is 11.8 Å². The van der Waals surface area contributed by atoms with E-state index in [0.29, 0.717) is 5.75 Å². The van der Waals surface area contributed by atoms with Gasteiger partial charge in [0.25, 0.3) is 0 Å². The Bertz CT molecular complexity index is 709. The topological polar surface area (TPSA) is 48.9 Å². The third kappa shape index (κ3) is 2.86. The van der Waals surface area contributed by atoms with Crippen molar-refractivity contribution in [3.8, 4) is 0 Å². The molecule has 0 saturated heterocycles. The van der Waals surface area contributed by atoms with Crippen LogP contribution in [0.2, 0.25) is 0 Å². The molecule has 0 aliphatic heterocycles. The summed E-state index contributed by atoms with van der Waals surface area (Å²) in [5.74, 6) is 0.586. The van der Waals surface area contributed by atoms with Crippen LogP contribution < -0.4 is 0 Å². The average Bonchev–Trinajstić information content (AvgIpc) is 2.87. The summed E-state index contributed by atoms with van der Waals surface area (Å²) >= 11 is 1.54. The van der Waals surface area contributed by atoms with Gasteiger partial charge in [-0.2, -0.15) is 0 Å². The van der Waals surface area contributed by atoms with Crippen LogP contribution in [0, 0.1) is 6.92 Å². The van der Waals surface area contributed by atoms with Crippen molar-refractivity contribution in [3.63, 3.8) is 0 Å². The minimum Gasteiger partial charge on any atom is -0.388 e. The molecule has 1 atom stereocenters. The first-order chi connectivity index (χ1) is 9.72. The highest BCUT2D eigenvalue weighted by Crippen LogP contribution is 2.25. The molecule has 20 heavy (non-hydrogen) atoms. The zero-order chi connectivity index (χ0) is 13.9. The minimum atomic E-state index is -0.476. The molecule has 3 rings (SSSR count). The fraction of sp³-hybridized carbons (Fsp3) is 0.188. The second-order valence-electron chi connectivity index (χ2n) is 4.80. The Balaban J connectivity index is 1.71. The van der Waals surface area contributed by atoms with Gasteiger partial charge >= 0.3 is 0 Å². The van der Waals surface area contributed by atoms with Gasteiger partial charge in [0.1, 0.15) is 0 Å². The Labute approximate surface area is 122 Å². The zero-order valence-electron chi connectivity index (χ0n) is 11.2. The lowest BCUT2D eigenvalue weighted by Crippen LogP contribution is -2.00. The van der Waals surface area contributed by atoms with Gasteiger partial charge in [0.15, 0.2) is 5.16 Å². The van der Waals surface area contributed by atoms with Crippen molar-refractivity contribution < 1.29 is 5.11 Å². The third-order valence-corrected chi connectivity index (χ3v) is 4.13. The normalized spacial score (nSPS) is 12.7. The minimum absolute atomic E-state index is 0.476. The van der Waals surface area contributed by atoms with Gasteiger partial charge in [0, 0.05) is 5.75 Å². The van der Waals surface area contributed by atoms with E-state index in [9.17, 15) is 5.11 Å². The number of nitrogens with zero attached hydrogens (tertiary/aromatic N) is 1. The maximum absolute atomic E-state index is 10.1. The van der Waals surface area contributed by atoms with E-state index in [0.717, 1.165) is 21.8 Å². The summed E-state index contributed by atoms with van der Waals surface area (Å²) in [5.41, 5.74) is 4.16. The molecular formula is C16H16N2OS. The molecule has 1 unspecified atom stereocenters. The van der Waals surface area contributed by atoms with E-state index < -0.39 is 6.10 Å². The van der Waals surface area contributed by atoms with Gasteiger partial charge in [-0.1, -0.05) is 48.2 Å². The monoisotopic (exact) mass is 284 g/mol. The summed E-state index contributed by atoms with van der Waals surface area (Å²) < 4.78 is 0. The number of aromatic amines is 1. The maximum Gasteiger partial charge on any atom is 0.166 e. The smallest absolute Gasteiger partial charge is 0.166 e. The molecule has 2 aromatic carbocycles. The first-order valence-electron chi connectivity index (χ1n) is 6.54. The van der Waals surface area contributed by atoms with Crippen molar-refractivity contribution in [2.45, 2.75) is 18.2 Å². The molecule has 0 spiro atoms. The van der Waals surface area contributed by atoms with Crippen LogP contribution in [0.25, 0.3) is 11.0 Å². The van der Waals surface area contributed by atoms with E-state index in [4.69, 9.17) is 0 Å².